The molecule has 0 fully saturated rings. The molecule has 0 saturated heterocycles. The lowest BCUT2D eigenvalue weighted by atomic mass is 10.0. The Morgan fingerprint density at radius 3 is 2.68 bits per heavy atom. The second kappa shape index (κ2) is 8.69. The molecule has 4 nitrogen and oxygen atoms in total. The van der Waals surface area contributed by atoms with Crippen molar-refractivity contribution in [1.82, 2.24) is 10.6 Å². The van der Waals surface area contributed by atoms with Gasteiger partial charge in [0.1, 0.15) is 0 Å². The Hall–Kier alpha value is -2.31. The number of benzene rings is 1. The molecule has 2 rings (SSSR count). The normalized spacial score (nSPS) is 21.5. The van der Waals surface area contributed by atoms with Crippen LogP contribution in [0.1, 0.15) is 36.8 Å². The van der Waals surface area contributed by atoms with Crippen molar-refractivity contribution in [3.8, 4) is 0 Å². The molecule has 7 heteroatoms. The van der Waals surface area contributed by atoms with Gasteiger partial charge in [0.2, 0.25) is 11.8 Å². The zero-order valence-electron chi connectivity index (χ0n) is 13.7. The third-order valence-corrected chi connectivity index (χ3v) is 3.92. The van der Waals surface area contributed by atoms with Crippen molar-refractivity contribution in [2.45, 2.75) is 44.3 Å². The molecule has 0 aliphatic carbocycles. The van der Waals surface area contributed by atoms with E-state index >= 15 is 0 Å². The van der Waals surface area contributed by atoms with Crippen LogP contribution in [0, 0.1) is 0 Å². The van der Waals surface area contributed by atoms with Crippen molar-refractivity contribution in [3.63, 3.8) is 0 Å². The summed E-state index contributed by atoms with van der Waals surface area (Å²) in [6.07, 6.45) is 1.31. The minimum Gasteiger partial charge on any atom is -0.353 e. The number of alkyl halides is 3. The van der Waals surface area contributed by atoms with Gasteiger partial charge in [0, 0.05) is 19.0 Å². The molecule has 0 unspecified atom stereocenters. The van der Waals surface area contributed by atoms with Crippen molar-refractivity contribution >= 4 is 11.8 Å². The van der Waals surface area contributed by atoms with Gasteiger partial charge in [-0.3, -0.25) is 9.59 Å². The van der Waals surface area contributed by atoms with E-state index in [1.54, 1.807) is 6.07 Å². The molecule has 0 aromatic heterocycles. The monoisotopic (exact) mass is 354 g/mol. The Kier molecular flexibility index (Phi) is 6.61. The van der Waals surface area contributed by atoms with Gasteiger partial charge in [-0.15, -0.1) is 0 Å². The van der Waals surface area contributed by atoms with Crippen LogP contribution < -0.4 is 10.6 Å². The molecule has 2 amide bonds. The summed E-state index contributed by atoms with van der Waals surface area (Å²) in [5.74, 6) is -0.438. The molecule has 25 heavy (non-hydrogen) atoms. The second-order valence-electron chi connectivity index (χ2n) is 6.04. The summed E-state index contributed by atoms with van der Waals surface area (Å²) in [5, 5.41) is 5.51. The summed E-state index contributed by atoms with van der Waals surface area (Å²) in [6.45, 7) is 0.545. The Bertz CT molecular complexity index is 641. The zero-order valence-corrected chi connectivity index (χ0v) is 13.7. The van der Waals surface area contributed by atoms with E-state index in [9.17, 15) is 22.8 Å². The third kappa shape index (κ3) is 6.60. The molecule has 1 aliphatic heterocycles. The highest BCUT2D eigenvalue weighted by Crippen LogP contribution is 2.29. The maximum absolute atomic E-state index is 12.8. The van der Waals surface area contributed by atoms with Crippen LogP contribution in [-0.4, -0.2) is 24.4 Å². The van der Waals surface area contributed by atoms with Gasteiger partial charge < -0.3 is 10.6 Å². The van der Waals surface area contributed by atoms with Crippen LogP contribution in [0.5, 0.6) is 0 Å². The van der Waals surface area contributed by atoms with Crippen LogP contribution in [-0.2, 0) is 22.2 Å². The standard InChI is InChI=1S/C18H21F3N2O2/c19-18(20,21)14-6-4-5-13(11-14)12-15-8-9-16(24)22-10-3-1-2-7-17(25)23-15/h4-6,8-9,11,15H,1-3,7,10,12H2,(H,22,24)(H,23,25)/b9-8+/t15-/m1/s1. The van der Waals surface area contributed by atoms with E-state index in [1.165, 1.54) is 18.2 Å². The highest BCUT2D eigenvalue weighted by atomic mass is 19.4. The number of hydrogen-bond acceptors (Lipinski definition) is 2. The number of carbonyl (C=O) groups excluding carboxylic acids is 2. The van der Waals surface area contributed by atoms with Gasteiger partial charge in [-0.25, -0.2) is 0 Å². The minimum absolute atomic E-state index is 0.164. The van der Waals surface area contributed by atoms with E-state index in [0.29, 0.717) is 24.9 Å². The van der Waals surface area contributed by atoms with E-state index < -0.39 is 17.8 Å². The summed E-state index contributed by atoms with van der Waals surface area (Å²) < 4.78 is 38.5. The summed E-state index contributed by atoms with van der Waals surface area (Å²) in [4.78, 5) is 23.7. The predicted molar refractivity (Wildman–Crippen MR) is 87.7 cm³/mol. The fraction of sp³-hybridized carbons (Fsp3) is 0.444. The Morgan fingerprint density at radius 1 is 1.12 bits per heavy atom. The number of hydrogen-bond donors (Lipinski definition) is 2. The molecule has 1 aromatic rings. The highest BCUT2D eigenvalue weighted by molar-refractivity contribution is 5.87. The fourth-order valence-corrected chi connectivity index (χ4v) is 2.64. The first-order valence-corrected chi connectivity index (χ1v) is 8.26. The fourth-order valence-electron chi connectivity index (χ4n) is 2.64. The molecule has 136 valence electrons. The van der Waals surface area contributed by atoms with Crippen LogP contribution in [0.4, 0.5) is 13.2 Å². The van der Waals surface area contributed by atoms with Crippen LogP contribution in [0.25, 0.3) is 0 Å². The van der Waals surface area contributed by atoms with E-state index in [1.807, 2.05) is 0 Å². The number of halogens is 3. The quantitative estimate of drug-likeness (QED) is 0.858. The van der Waals surface area contributed by atoms with Crippen molar-refractivity contribution in [1.29, 1.82) is 0 Å². The first-order valence-electron chi connectivity index (χ1n) is 8.26. The Labute approximate surface area is 144 Å². The van der Waals surface area contributed by atoms with Crippen molar-refractivity contribution in [2.75, 3.05) is 6.54 Å². The molecule has 2 N–H and O–H groups in total. The van der Waals surface area contributed by atoms with Crippen molar-refractivity contribution in [2.24, 2.45) is 0 Å². The first-order chi connectivity index (χ1) is 11.8. The molecular weight excluding hydrogens is 333 g/mol. The van der Waals surface area contributed by atoms with Gasteiger partial charge in [-0.1, -0.05) is 30.7 Å². The maximum atomic E-state index is 12.8. The van der Waals surface area contributed by atoms with Crippen LogP contribution in [0.2, 0.25) is 0 Å². The molecule has 0 radical (unpaired) electrons. The third-order valence-electron chi connectivity index (χ3n) is 3.92. The zero-order chi connectivity index (χ0) is 18.3. The van der Waals surface area contributed by atoms with Crippen LogP contribution in [0.15, 0.2) is 36.4 Å². The smallest absolute Gasteiger partial charge is 0.353 e. The second-order valence-corrected chi connectivity index (χ2v) is 6.04. The number of carbonyl (C=O) groups is 2. The largest absolute Gasteiger partial charge is 0.416 e. The Balaban J connectivity index is 2.14. The van der Waals surface area contributed by atoms with Gasteiger partial charge in [-0.2, -0.15) is 13.2 Å². The van der Waals surface area contributed by atoms with Crippen molar-refractivity contribution < 1.29 is 22.8 Å². The molecule has 0 saturated carbocycles. The Morgan fingerprint density at radius 2 is 1.92 bits per heavy atom. The summed E-state index contributed by atoms with van der Waals surface area (Å²) in [5.41, 5.74) is -0.288. The number of amides is 2. The molecule has 1 aromatic carbocycles. The molecule has 1 atom stereocenters. The van der Waals surface area contributed by atoms with Gasteiger partial charge in [0.25, 0.3) is 0 Å². The van der Waals surface area contributed by atoms with Gasteiger partial charge >= 0.3 is 6.18 Å². The van der Waals surface area contributed by atoms with E-state index in [0.717, 1.165) is 25.0 Å². The summed E-state index contributed by atoms with van der Waals surface area (Å²) in [6, 6.07) is 4.45. The van der Waals surface area contributed by atoms with Gasteiger partial charge in [0.15, 0.2) is 0 Å². The molecule has 0 spiro atoms. The lowest BCUT2D eigenvalue weighted by Gasteiger charge is -2.17. The molecule has 1 heterocycles. The van der Waals surface area contributed by atoms with E-state index in [4.69, 9.17) is 0 Å². The lowest BCUT2D eigenvalue weighted by molar-refractivity contribution is -0.137. The average Bonchev–Trinajstić information content (AvgIpc) is 2.54. The maximum Gasteiger partial charge on any atom is 0.416 e. The molecule has 1 aliphatic rings. The van der Waals surface area contributed by atoms with E-state index in [2.05, 4.69) is 10.6 Å². The topological polar surface area (TPSA) is 58.2 Å². The van der Waals surface area contributed by atoms with Crippen molar-refractivity contribution in [3.05, 3.63) is 47.5 Å². The average molecular weight is 354 g/mol. The lowest BCUT2D eigenvalue weighted by Crippen LogP contribution is -2.35. The number of nitrogens with one attached hydrogen (secondary N) is 2. The van der Waals surface area contributed by atoms with Gasteiger partial charge in [0.05, 0.1) is 11.6 Å². The number of rotatable bonds is 2. The SMILES string of the molecule is O=C1/C=C/[C@H](Cc2cccc(C(F)(F)F)c2)NC(=O)CCCCCN1. The summed E-state index contributed by atoms with van der Waals surface area (Å²) >= 11 is 0. The van der Waals surface area contributed by atoms with E-state index in [-0.39, 0.29) is 18.2 Å². The highest BCUT2D eigenvalue weighted by Gasteiger charge is 2.30. The predicted octanol–water partition coefficient (Wildman–Crippen LogP) is 2.98. The first kappa shape index (κ1) is 19.0. The summed E-state index contributed by atoms with van der Waals surface area (Å²) in [7, 11) is 0. The van der Waals surface area contributed by atoms with Crippen LogP contribution >= 0.6 is 0 Å². The molecule has 0 bridgehead atoms. The minimum atomic E-state index is -4.42. The van der Waals surface area contributed by atoms with Crippen LogP contribution in [0.3, 0.4) is 0 Å². The van der Waals surface area contributed by atoms with Gasteiger partial charge in [-0.05, 0) is 30.9 Å². The molecular formula is C18H21F3N2O2.